The lowest BCUT2D eigenvalue weighted by molar-refractivity contribution is -0.138. The summed E-state index contributed by atoms with van der Waals surface area (Å²) in [6, 6.07) is 7.65. The molecule has 0 amide bonds. The molecule has 3 N–H and O–H groups in total. The van der Waals surface area contributed by atoms with Crippen LogP contribution in [0.15, 0.2) is 47.0 Å². The summed E-state index contributed by atoms with van der Waals surface area (Å²) < 4.78 is 84.8. The normalized spacial score (nSPS) is 16.6. The van der Waals surface area contributed by atoms with Crippen LogP contribution >= 0.6 is 0 Å². The van der Waals surface area contributed by atoms with E-state index in [0.717, 1.165) is 24.6 Å². The lowest BCUT2D eigenvalue weighted by Crippen LogP contribution is -2.35. The summed E-state index contributed by atoms with van der Waals surface area (Å²) in [6.45, 7) is 0.545. The Balaban J connectivity index is 1.55. The van der Waals surface area contributed by atoms with Gasteiger partial charge in [0.15, 0.2) is 5.96 Å². The van der Waals surface area contributed by atoms with Gasteiger partial charge in [0.2, 0.25) is 11.7 Å². The number of benzene rings is 2. The number of guanidine groups is 1. The van der Waals surface area contributed by atoms with Crippen molar-refractivity contribution in [3.8, 4) is 11.4 Å². The van der Waals surface area contributed by atoms with Crippen LogP contribution in [-0.4, -0.2) is 27.5 Å². The van der Waals surface area contributed by atoms with Crippen molar-refractivity contribution in [2.24, 2.45) is 5.73 Å². The Kier molecular flexibility index (Phi) is 6.48. The Bertz CT molecular complexity index is 1200. The van der Waals surface area contributed by atoms with Crippen LogP contribution in [0.2, 0.25) is 0 Å². The summed E-state index contributed by atoms with van der Waals surface area (Å²) in [5, 5.41) is 11.5. The number of likely N-dealkylation sites (tertiary alicyclic amines) is 1. The Labute approximate surface area is 196 Å². The minimum absolute atomic E-state index is 0.00316. The van der Waals surface area contributed by atoms with Crippen LogP contribution in [0.5, 0.6) is 0 Å². The quantitative estimate of drug-likeness (QED) is 0.272. The maximum atomic E-state index is 13.8. The fourth-order valence-electron chi connectivity index (χ4n) is 4.14. The van der Waals surface area contributed by atoms with Gasteiger partial charge in [0, 0.05) is 12.1 Å². The van der Waals surface area contributed by atoms with E-state index in [1.807, 2.05) is 0 Å². The number of aromatic nitrogens is 2. The highest BCUT2D eigenvalue weighted by molar-refractivity contribution is 5.75. The third-order valence-corrected chi connectivity index (χ3v) is 5.93. The molecular weight excluding hydrogens is 476 g/mol. The van der Waals surface area contributed by atoms with Crippen molar-refractivity contribution in [3.05, 3.63) is 70.6 Å². The second-order valence-corrected chi connectivity index (χ2v) is 8.26. The molecular formula is C23H21F6N5O. The first-order valence-electron chi connectivity index (χ1n) is 10.7. The monoisotopic (exact) mass is 497 g/mol. The van der Waals surface area contributed by atoms with Gasteiger partial charge in [-0.05, 0) is 55.0 Å². The maximum Gasteiger partial charge on any atom is 0.416 e. The van der Waals surface area contributed by atoms with Gasteiger partial charge in [0.05, 0.1) is 11.1 Å². The zero-order valence-corrected chi connectivity index (χ0v) is 18.2. The molecule has 3 aromatic rings. The van der Waals surface area contributed by atoms with Crippen LogP contribution in [-0.2, 0) is 25.2 Å². The number of halogens is 6. The predicted octanol–water partition coefficient (Wildman–Crippen LogP) is 5.59. The third-order valence-electron chi connectivity index (χ3n) is 5.93. The van der Waals surface area contributed by atoms with E-state index in [-0.39, 0.29) is 41.6 Å². The van der Waals surface area contributed by atoms with Crippen molar-refractivity contribution in [3.63, 3.8) is 0 Å². The highest BCUT2D eigenvalue weighted by atomic mass is 19.4. The molecule has 35 heavy (non-hydrogen) atoms. The van der Waals surface area contributed by atoms with Gasteiger partial charge in [0.1, 0.15) is 6.04 Å². The van der Waals surface area contributed by atoms with E-state index >= 15 is 0 Å². The van der Waals surface area contributed by atoms with E-state index in [9.17, 15) is 26.3 Å². The van der Waals surface area contributed by atoms with Crippen LogP contribution in [0, 0.1) is 5.41 Å². The topological polar surface area (TPSA) is 92.0 Å². The van der Waals surface area contributed by atoms with Crippen LogP contribution in [0.4, 0.5) is 26.3 Å². The molecule has 1 atom stereocenters. The molecule has 0 bridgehead atoms. The summed E-state index contributed by atoms with van der Waals surface area (Å²) in [7, 11) is 0. The number of hydrogen-bond acceptors (Lipinski definition) is 4. The number of hydrogen-bond donors (Lipinski definition) is 2. The van der Waals surface area contributed by atoms with E-state index in [4.69, 9.17) is 15.7 Å². The average molecular weight is 497 g/mol. The summed E-state index contributed by atoms with van der Waals surface area (Å²) in [5.74, 6) is 0.00633. The van der Waals surface area contributed by atoms with E-state index in [1.165, 1.54) is 24.3 Å². The Morgan fingerprint density at radius 3 is 2.37 bits per heavy atom. The standard InChI is InChI=1S/C23H21F6N5O/c24-22(25,26)16-9-4-13(5-10-16)3-6-14-7-8-15(12-17(14)23(27,28)29)19-32-20(35-33-19)18-2-1-11-34(18)21(30)31/h4-5,7-10,12,18H,1-3,6,11H2,(H3,30,31). The molecule has 1 fully saturated rings. The second kappa shape index (κ2) is 9.23. The van der Waals surface area contributed by atoms with Crippen LogP contribution in [0.25, 0.3) is 11.4 Å². The van der Waals surface area contributed by atoms with Crippen molar-refractivity contribution in [1.82, 2.24) is 15.0 Å². The minimum atomic E-state index is -4.66. The van der Waals surface area contributed by atoms with Gasteiger partial charge in [-0.3, -0.25) is 5.41 Å². The molecule has 1 aromatic heterocycles. The number of alkyl halides is 6. The first-order valence-corrected chi connectivity index (χ1v) is 10.7. The molecule has 1 unspecified atom stereocenters. The van der Waals surface area contributed by atoms with Crippen LogP contribution in [0.3, 0.4) is 0 Å². The maximum absolute atomic E-state index is 13.8. The fraction of sp³-hybridized carbons (Fsp3) is 0.348. The molecule has 186 valence electrons. The van der Waals surface area contributed by atoms with Gasteiger partial charge >= 0.3 is 12.4 Å². The average Bonchev–Trinajstić information content (AvgIpc) is 3.46. The summed E-state index contributed by atoms with van der Waals surface area (Å²) in [5.41, 5.74) is 4.48. The number of aryl methyl sites for hydroxylation is 2. The van der Waals surface area contributed by atoms with Gasteiger partial charge in [-0.2, -0.15) is 31.3 Å². The zero-order chi connectivity index (χ0) is 25.4. The molecule has 0 spiro atoms. The molecule has 2 aromatic carbocycles. The van der Waals surface area contributed by atoms with Gasteiger partial charge in [-0.1, -0.05) is 29.4 Å². The van der Waals surface area contributed by atoms with Gasteiger partial charge < -0.3 is 15.2 Å². The highest BCUT2D eigenvalue weighted by Gasteiger charge is 2.35. The Hall–Kier alpha value is -3.57. The molecule has 6 nitrogen and oxygen atoms in total. The first-order chi connectivity index (χ1) is 16.4. The Morgan fingerprint density at radius 1 is 1.03 bits per heavy atom. The fourth-order valence-corrected chi connectivity index (χ4v) is 4.14. The first kappa shape index (κ1) is 24.6. The number of rotatable bonds is 5. The van der Waals surface area contributed by atoms with E-state index in [2.05, 4.69) is 10.1 Å². The van der Waals surface area contributed by atoms with E-state index in [0.29, 0.717) is 18.5 Å². The molecule has 1 aliphatic heterocycles. The lowest BCUT2D eigenvalue weighted by Gasteiger charge is -2.21. The molecule has 1 aliphatic rings. The summed E-state index contributed by atoms with van der Waals surface area (Å²) in [4.78, 5) is 5.82. The van der Waals surface area contributed by atoms with E-state index in [1.54, 1.807) is 4.90 Å². The van der Waals surface area contributed by atoms with Crippen molar-refractivity contribution in [1.29, 1.82) is 5.41 Å². The number of nitrogens with zero attached hydrogens (tertiary/aromatic N) is 3. The Morgan fingerprint density at radius 2 is 1.74 bits per heavy atom. The van der Waals surface area contributed by atoms with Crippen LogP contribution in [0.1, 0.15) is 47.0 Å². The van der Waals surface area contributed by atoms with Crippen molar-refractivity contribution >= 4 is 5.96 Å². The van der Waals surface area contributed by atoms with Crippen molar-refractivity contribution in [2.75, 3.05) is 6.54 Å². The zero-order valence-electron chi connectivity index (χ0n) is 18.2. The number of nitrogens with one attached hydrogen (secondary N) is 1. The SMILES string of the molecule is N=C(N)N1CCCC1c1nc(-c2ccc(CCc3ccc(C(F)(F)F)cc3)c(C(F)(F)F)c2)no1. The summed E-state index contributed by atoms with van der Waals surface area (Å²) in [6.07, 6.45) is -7.64. The van der Waals surface area contributed by atoms with Crippen molar-refractivity contribution < 1.29 is 30.9 Å². The lowest BCUT2D eigenvalue weighted by atomic mass is 9.97. The third kappa shape index (κ3) is 5.41. The molecule has 12 heteroatoms. The predicted molar refractivity (Wildman–Crippen MR) is 114 cm³/mol. The second-order valence-electron chi connectivity index (χ2n) is 8.26. The van der Waals surface area contributed by atoms with Crippen molar-refractivity contribution in [2.45, 2.75) is 44.1 Å². The molecule has 2 heterocycles. The molecule has 4 rings (SSSR count). The number of nitrogens with two attached hydrogens (primary N) is 1. The van der Waals surface area contributed by atoms with Gasteiger partial charge in [0.25, 0.3) is 0 Å². The van der Waals surface area contributed by atoms with E-state index < -0.39 is 29.5 Å². The molecule has 0 radical (unpaired) electrons. The smallest absolute Gasteiger partial charge is 0.370 e. The molecule has 1 saturated heterocycles. The van der Waals surface area contributed by atoms with Gasteiger partial charge in [-0.15, -0.1) is 0 Å². The molecule has 0 saturated carbocycles. The molecule has 0 aliphatic carbocycles. The minimum Gasteiger partial charge on any atom is -0.370 e. The van der Waals surface area contributed by atoms with Crippen LogP contribution < -0.4 is 5.73 Å². The highest BCUT2D eigenvalue weighted by Crippen LogP contribution is 2.36. The van der Waals surface area contributed by atoms with Gasteiger partial charge in [-0.25, -0.2) is 0 Å². The largest absolute Gasteiger partial charge is 0.416 e. The summed E-state index contributed by atoms with van der Waals surface area (Å²) >= 11 is 0.